The monoisotopic (exact) mass is 324 g/mol. The summed E-state index contributed by atoms with van der Waals surface area (Å²) < 4.78 is 0. The van der Waals surface area contributed by atoms with Crippen LogP contribution in [0, 0.1) is 13.8 Å². The first kappa shape index (κ1) is 18.0. The van der Waals surface area contributed by atoms with Gasteiger partial charge in [-0.15, -0.1) is 0 Å². The molecule has 4 heteroatoms. The Balaban J connectivity index is 1.88. The molecule has 0 heterocycles. The van der Waals surface area contributed by atoms with Crippen molar-refractivity contribution in [1.82, 2.24) is 4.90 Å². The van der Waals surface area contributed by atoms with Gasteiger partial charge >= 0.3 is 0 Å². The van der Waals surface area contributed by atoms with Gasteiger partial charge in [0.15, 0.2) is 5.96 Å². The Hall–Kier alpha value is -2.33. The van der Waals surface area contributed by atoms with Crippen molar-refractivity contribution >= 4 is 11.6 Å². The zero-order chi connectivity index (χ0) is 17.5. The van der Waals surface area contributed by atoms with Gasteiger partial charge in [0.1, 0.15) is 0 Å². The number of nitrogens with two attached hydrogens (primary N) is 1. The first-order chi connectivity index (χ1) is 11.4. The second kappa shape index (κ2) is 8.50. The van der Waals surface area contributed by atoms with Crippen molar-refractivity contribution in [2.45, 2.75) is 33.4 Å². The standard InChI is InChI=1S/C20H28N4/c1-15-10-16(2)12-19(11-15)23-20(21)22-13-17(3)24(4)14-18-8-6-5-7-9-18/h5-12,17H,13-14H2,1-4H3,(H3,21,22,23). The number of rotatable bonds is 6. The molecule has 0 radical (unpaired) electrons. The number of aryl methyl sites for hydroxylation is 2. The molecule has 0 aliphatic carbocycles. The zero-order valence-electron chi connectivity index (χ0n) is 15.1. The maximum atomic E-state index is 6.03. The number of anilines is 1. The molecule has 128 valence electrons. The largest absolute Gasteiger partial charge is 0.370 e. The molecule has 1 atom stereocenters. The van der Waals surface area contributed by atoms with Crippen molar-refractivity contribution in [2.75, 3.05) is 18.9 Å². The van der Waals surface area contributed by atoms with E-state index in [4.69, 9.17) is 5.73 Å². The fourth-order valence-electron chi connectivity index (χ4n) is 2.63. The molecule has 2 aromatic carbocycles. The summed E-state index contributed by atoms with van der Waals surface area (Å²) in [6.45, 7) is 7.88. The van der Waals surface area contributed by atoms with Crippen molar-refractivity contribution < 1.29 is 0 Å². The van der Waals surface area contributed by atoms with Gasteiger partial charge in [-0.05, 0) is 56.6 Å². The normalized spacial score (nSPS) is 13.1. The van der Waals surface area contributed by atoms with Crippen LogP contribution in [0.4, 0.5) is 5.69 Å². The van der Waals surface area contributed by atoms with Crippen LogP contribution in [0.25, 0.3) is 0 Å². The van der Waals surface area contributed by atoms with E-state index < -0.39 is 0 Å². The highest BCUT2D eigenvalue weighted by atomic mass is 15.2. The van der Waals surface area contributed by atoms with E-state index in [1.54, 1.807) is 0 Å². The van der Waals surface area contributed by atoms with E-state index in [9.17, 15) is 0 Å². The van der Waals surface area contributed by atoms with Crippen LogP contribution >= 0.6 is 0 Å². The fourth-order valence-corrected chi connectivity index (χ4v) is 2.63. The summed E-state index contributed by atoms with van der Waals surface area (Å²) in [5, 5.41) is 3.18. The molecule has 4 nitrogen and oxygen atoms in total. The van der Waals surface area contributed by atoms with Gasteiger partial charge in [-0.25, -0.2) is 0 Å². The van der Waals surface area contributed by atoms with Crippen molar-refractivity contribution in [2.24, 2.45) is 10.7 Å². The molecule has 3 N–H and O–H groups in total. The molecule has 0 saturated heterocycles. The van der Waals surface area contributed by atoms with E-state index in [0.717, 1.165) is 12.2 Å². The first-order valence-corrected chi connectivity index (χ1v) is 8.33. The topological polar surface area (TPSA) is 53.6 Å². The van der Waals surface area contributed by atoms with Crippen molar-refractivity contribution in [3.05, 3.63) is 65.2 Å². The van der Waals surface area contributed by atoms with E-state index in [1.807, 2.05) is 6.07 Å². The van der Waals surface area contributed by atoms with Gasteiger partial charge in [0.25, 0.3) is 0 Å². The molecule has 24 heavy (non-hydrogen) atoms. The number of aliphatic imine (C=N–C) groups is 1. The molecular formula is C20H28N4. The highest BCUT2D eigenvalue weighted by Crippen LogP contribution is 2.13. The minimum absolute atomic E-state index is 0.310. The fraction of sp³-hybridized carbons (Fsp3) is 0.350. The Bertz CT molecular complexity index is 659. The maximum absolute atomic E-state index is 6.03. The summed E-state index contributed by atoms with van der Waals surface area (Å²) in [6.07, 6.45) is 0. The third-order valence-electron chi connectivity index (χ3n) is 4.05. The smallest absolute Gasteiger partial charge is 0.193 e. The van der Waals surface area contributed by atoms with Gasteiger partial charge in [0.2, 0.25) is 0 Å². The summed E-state index contributed by atoms with van der Waals surface area (Å²) in [6, 6.07) is 17.0. The average Bonchev–Trinajstić information content (AvgIpc) is 2.52. The van der Waals surface area contributed by atoms with E-state index in [0.29, 0.717) is 18.5 Å². The summed E-state index contributed by atoms with van der Waals surface area (Å²) in [4.78, 5) is 6.76. The van der Waals surface area contributed by atoms with Crippen LogP contribution in [0.15, 0.2) is 53.5 Å². The van der Waals surface area contributed by atoms with E-state index in [-0.39, 0.29) is 0 Å². The highest BCUT2D eigenvalue weighted by Gasteiger charge is 2.09. The van der Waals surface area contributed by atoms with Gasteiger partial charge in [-0.3, -0.25) is 9.89 Å². The van der Waals surface area contributed by atoms with Gasteiger partial charge in [-0.2, -0.15) is 0 Å². The Kier molecular flexibility index (Phi) is 6.38. The van der Waals surface area contributed by atoms with Crippen LogP contribution in [-0.2, 0) is 6.54 Å². The molecule has 0 saturated carbocycles. The SMILES string of the molecule is Cc1cc(C)cc(NC(N)=NCC(C)N(C)Cc2ccccc2)c1. The lowest BCUT2D eigenvalue weighted by atomic mass is 10.1. The zero-order valence-corrected chi connectivity index (χ0v) is 15.1. The van der Waals surface area contributed by atoms with E-state index in [1.165, 1.54) is 16.7 Å². The van der Waals surface area contributed by atoms with Crippen LogP contribution in [-0.4, -0.2) is 30.5 Å². The van der Waals surface area contributed by atoms with Crippen molar-refractivity contribution in [1.29, 1.82) is 0 Å². The lowest BCUT2D eigenvalue weighted by Crippen LogP contribution is -2.32. The van der Waals surface area contributed by atoms with Crippen LogP contribution in [0.3, 0.4) is 0 Å². The minimum atomic E-state index is 0.310. The number of hydrogen-bond donors (Lipinski definition) is 2. The Morgan fingerprint density at radius 1 is 1.12 bits per heavy atom. The molecule has 0 aromatic heterocycles. The summed E-state index contributed by atoms with van der Waals surface area (Å²) in [5.74, 6) is 0.458. The van der Waals surface area contributed by atoms with Crippen molar-refractivity contribution in [3.63, 3.8) is 0 Å². The van der Waals surface area contributed by atoms with E-state index in [2.05, 4.69) is 85.5 Å². The number of likely N-dealkylation sites (N-methyl/N-ethyl adjacent to an activating group) is 1. The number of nitrogens with one attached hydrogen (secondary N) is 1. The van der Waals surface area contributed by atoms with Crippen LogP contribution < -0.4 is 11.1 Å². The highest BCUT2D eigenvalue weighted by molar-refractivity contribution is 5.92. The quantitative estimate of drug-likeness (QED) is 0.631. The van der Waals surface area contributed by atoms with Gasteiger partial charge in [0, 0.05) is 18.3 Å². The van der Waals surface area contributed by atoms with Gasteiger partial charge in [0.05, 0.1) is 6.54 Å². The third kappa shape index (κ3) is 5.70. The molecule has 0 bridgehead atoms. The number of hydrogen-bond acceptors (Lipinski definition) is 2. The molecule has 2 aromatic rings. The Labute approximate surface area is 145 Å². The predicted molar refractivity (Wildman–Crippen MR) is 103 cm³/mol. The van der Waals surface area contributed by atoms with E-state index >= 15 is 0 Å². The second-order valence-electron chi connectivity index (χ2n) is 6.48. The Morgan fingerprint density at radius 2 is 1.75 bits per heavy atom. The number of guanidine groups is 1. The summed E-state index contributed by atoms with van der Waals surface area (Å²) in [5.41, 5.74) is 10.7. The summed E-state index contributed by atoms with van der Waals surface area (Å²) in [7, 11) is 2.11. The molecule has 2 rings (SSSR count). The predicted octanol–water partition coefficient (Wildman–Crippen LogP) is 3.55. The third-order valence-corrected chi connectivity index (χ3v) is 4.05. The van der Waals surface area contributed by atoms with Crippen molar-refractivity contribution in [3.8, 4) is 0 Å². The average molecular weight is 324 g/mol. The molecule has 0 aliphatic rings. The maximum Gasteiger partial charge on any atom is 0.193 e. The molecule has 0 fully saturated rings. The first-order valence-electron chi connectivity index (χ1n) is 8.33. The second-order valence-corrected chi connectivity index (χ2v) is 6.48. The van der Waals surface area contributed by atoms with Crippen LogP contribution in [0.1, 0.15) is 23.6 Å². The van der Waals surface area contributed by atoms with Gasteiger partial charge < -0.3 is 11.1 Å². The number of nitrogens with zero attached hydrogens (tertiary/aromatic N) is 2. The van der Waals surface area contributed by atoms with Gasteiger partial charge in [-0.1, -0.05) is 36.4 Å². The molecule has 0 aliphatic heterocycles. The molecular weight excluding hydrogens is 296 g/mol. The number of benzene rings is 2. The lowest BCUT2D eigenvalue weighted by Gasteiger charge is -2.23. The molecule has 0 amide bonds. The summed E-state index contributed by atoms with van der Waals surface area (Å²) >= 11 is 0. The van der Waals surface area contributed by atoms with Crippen LogP contribution in [0.5, 0.6) is 0 Å². The lowest BCUT2D eigenvalue weighted by molar-refractivity contribution is 0.255. The molecule has 1 unspecified atom stereocenters. The molecule has 0 spiro atoms. The van der Waals surface area contributed by atoms with Crippen LogP contribution in [0.2, 0.25) is 0 Å². The minimum Gasteiger partial charge on any atom is -0.370 e. The Morgan fingerprint density at radius 3 is 2.38 bits per heavy atom.